The van der Waals surface area contributed by atoms with Gasteiger partial charge in [-0.05, 0) is 50.2 Å². The fourth-order valence-electron chi connectivity index (χ4n) is 4.07. The molecule has 0 radical (unpaired) electrons. The van der Waals surface area contributed by atoms with E-state index in [-0.39, 0.29) is 41.7 Å². The van der Waals surface area contributed by atoms with Crippen molar-refractivity contribution < 1.29 is 22.0 Å². The summed E-state index contributed by atoms with van der Waals surface area (Å²) in [4.78, 5) is 18.8. The first-order valence-corrected chi connectivity index (χ1v) is 11.7. The first kappa shape index (κ1) is 20.0. The van der Waals surface area contributed by atoms with Gasteiger partial charge in [-0.3, -0.25) is 9.69 Å². The van der Waals surface area contributed by atoms with E-state index in [1.807, 2.05) is 0 Å². The van der Waals surface area contributed by atoms with Crippen LogP contribution in [0.15, 0.2) is 34.9 Å². The van der Waals surface area contributed by atoms with Crippen molar-refractivity contribution in [2.75, 3.05) is 24.6 Å². The third-order valence-corrected chi connectivity index (χ3v) is 7.24. The maximum absolute atomic E-state index is 13.0. The van der Waals surface area contributed by atoms with Gasteiger partial charge in [-0.1, -0.05) is 0 Å². The minimum Gasteiger partial charge on any atom is -0.441 e. The summed E-state index contributed by atoms with van der Waals surface area (Å²) in [6.07, 6.45) is 4.15. The summed E-state index contributed by atoms with van der Waals surface area (Å²) in [6, 6.07) is 5.38. The molecule has 156 valence electrons. The Morgan fingerprint density at radius 3 is 2.66 bits per heavy atom. The molecule has 2 atom stereocenters. The molecule has 0 bridgehead atoms. The molecular formula is C20H24FN3O4S. The Labute approximate surface area is 169 Å². The average molecular weight is 421 g/mol. The number of carbonyl (C=O) groups excluding carboxylic acids is 1. The van der Waals surface area contributed by atoms with E-state index < -0.39 is 9.84 Å². The predicted molar refractivity (Wildman–Crippen MR) is 105 cm³/mol. The lowest BCUT2D eigenvalue weighted by Gasteiger charge is -2.28. The van der Waals surface area contributed by atoms with Crippen molar-refractivity contribution in [2.45, 2.75) is 37.8 Å². The number of hydrogen-bond acceptors (Lipinski definition) is 6. The highest BCUT2D eigenvalue weighted by molar-refractivity contribution is 7.91. The van der Waals surface area contributed by atoms with Crippen LogP contribution in [0.25, 0.3) is 11.3 Å². The fourth-order valence-corrected chi connectivity index (χ4v) is 6.03. The third-order valence-electron chi connectivity index (χ3n) is 5.53. The van der Waals surface area contributed by atoms with E-state index in [2.05, 4.69) is 15.2 Å². The fraction of sp³-hybridized carbons (Fsp3) is 0.500. The number of likely N-dealkylation sites (tertiary alicyclic amines) is 1. The molecule has 7 nitrogen and oxygen atoms in total. The number of nitrogens with one attached hydrogen (secondary N) is 1. The van der Waals surface area contributed by atoms with Gasteiger partial charge in [0.2, 0.25) is 5.91 Å². The molecule has 29 heavy (non-hydrogen) atoms. The summed E-state index contributed by atoms with van der Waals surface area (Å²) in [5.41, 5.74) is 0.708. The van der Waals surface area contributed by atoms with Crippen LogP contribution in [0, 0.1) is 5.82 Å². The monoisotopic (exact) mass is 421 g/mol. The van der Waals surface area contributed by atoms with E-state index in [0.29, 0.717) is 23.6 Å². The molecule has 2 unspecified atom stereocenters. The number of benzene rings is 1. The highest BCUT2D eigenvalue weighted by atomic mass is 32.2. The smallest absolute Gasteiger partial charge is 0.220 e. The van der Waals surface area contributed by atoms with E-state index in [4.69, 9.17) is 4.42 Å². The van der Waals surface area contributed by atoms with Gasteiger partial charge in [-0.15, -0.1) is 0 Å². The minimum atomic E-state index is -3.14. The van der Waals surface area contributed by atoms with Crippen molar-refractivity contribution in [1.29, 1.82) is 0 Å². The van der Waals surface area contributed by atoms with Gasteiger partial charge in [0.25, 0.3) is 0 Å². The molecule has 1 N–H and O–H groups in total. The van der Waals surface area contributed by atoms with Gasteiger partial charge in [0.05, 0.1) is 23.7 Å². The number of oxazole rings is 1. The number of aryl methyl sites for hydroxylation is 1. The Bertz CT molecular complexity index is 968. The Morgan fingerprint density at radius 2 is 1.93 bits per heavy atom. The SMILES string of the molecule is O=C(CCc1ncc(-c2ccc(F)cc2)o1)NC1CS(=O)(=O)CC1N1CCCC1. The molecule has 2 fully saturated rings. The number of rotatable bonds is 6. The Kier molecular flexibility index (Phi) is 5.69. The molecule has 9 heteroatoms. The van der Waals surface area contributed by atoms with Crippen LogP contribution in [0.4, 0.5) is 4.39 Å². The summed E-state index contributed by atoms with van der Waals surface area (Å²) in [6.45, 7) is 1.77. The molecule has 3 heterocycles. The molecule has 1 amide bonds. The van der Waals surface area contributed by atoms with E-state index in [1.165, 1.54) is 12.1 Å². The van der Waals surface area contributed by atoms with Crippen LogP contribution in [0.3, 0.4) is 0 Å². The van der Waals surface area contributed by atoms with E-state index in [9.17, 15) is 17.6 Å². The van der Waals surface area contributed by atoms with Crippen LogP contribution in [-0.2, 0) is 21.1 Å². The van der Waals surface area contributed by atoms with Crippen LogP contribution in [0.2, 0.25) is 0 Å². The first-order valence-electron chi connectivity index (χ1n) is 9.84. The van der Waals surface area contributed by atoms with Crippen LogP contribution in [0.5, 0.6) is 0 Å². The number of hydrogen-bond donors (Lipinski definition) is 1. The minimum absolute atomic E-state index is 0.00633. The third kappa shape index (κ3) is 4.84. The molecule has 2 aliphatic heterocycles. The zero-order valence-corrected chi connectivity index (χ0v) is 16.8. The van der Waals surface area contributed by atoms with Gasteiger partial charge in [-0.2, -0.15) is 0 Å². The van der Waals surface area contributed by atoms with Crippen molar-refractivity contribution >= 4 is 15.7 Å². The topological polar surface area (TPSA) is 92.5 Å². The lowest BCUT2D eigenvalue weighted by Crippen LogP contribution is -2.50. The molecule has 0 aliphatic carbocycles. The molecule has 2 saturated heterocycles. The molecule has 4 rings (SSSR count). The number of sulfone groups is 1. The van der Waals surface area contributed by atoms with E-state index in [0.717, 1.165) is 25.9 Å². The lowest BCUT2D eigenvalue weighted by atomic mass is 10.1. The van der Waals surface area contributed by atoms with Crippen molar-refractivity contribution in [1.82, 2.24) is 15.2 Å². The number of aromatic nitrogens is 1. The van der Waals surface area contributed by atoms with Gasteiger partial charge in [0.1, 0.15) is 5.82 Å². The van der Waals surface area contributed by atoms with Gasteiger partial charge in [0, 0.05) is 24.4 Å². The summed E-state index contributed by atoms with van der Waals surface area (Å²) < 4.78 is 42.9. The second kappa shape index (κ2) is 8.23. The highest BCUT2D eigenvalue weighted by Gasteiger charge is 2.42. The molecule has 1 aromatic heterocycles. The molecule has 0 saturated carbocycles. The first-order chi connectivity index (χ1) is 13.9. The van der Waals surface area contributed by atoms with Crippen LogP contribution in [0.1, 0.15) is 25.2 Å². The Balaban J connectivity index is 1.33. The number of halogens is 1. The standard InChI is InChI=1S/C20H24FN3O4S/c21-15-5-3-14(4-6-15)18-11-22-20(28-18)8-7-19(25)23-16-12-29(26,27)13-17(16)24-9-1-2-10-24/h3-6,11,16-17H,1-2,7-10,12-13H2,(H,23,25). The van der Waals surface area contributed by atoms with Gasteiger partial charge < -0.3 is 9.73 Å². The van der Waals surface area contributed by atoms with Crippen molar-refractivity contribution in [2.24, 2.45) is 0 Å². The van der Waals surface area contributed by atoms with Gasteiger partial charge in [-0.25, -0.2) is 17.8 Å². The molecular weight excluding hydrogens is 397 g/mol. The summed E-state index contributed by atoms with van der Waals surface area (Å²) >= 11 is 0. The average Bonchev–Trinajstić information content (AvgIpc) is 3.41. The normalized spacial score (nSPS) is 24.0. The van der Waals surface area contributed by atoms with Crippen molar-refractivity contribution in [3.05, 3.63) is 42.2 Å². The summed E-state index contributed by atoms with van der Waals surface area (Å²) in [7, 11) is -3.14. The number of nitrogens with zero attached hydrogens (tertiary/aromatic N) is 2. The lowest BCUT2D eigenvalue weighted by molar-refractivity contribution is -0.122. The van der Waals surface area contributed by atoms with Crippen LogP contribution < -0.4 is 5.32 Å². The Morgan fingerprint density at radius 1 is 1.21 bits per heavy atom. The van der Waals surface area contributed by atoms with Gasteiger partial charge >= 0.3 is 0 Å². The molecule has 2 aliphatic rings. The van der Waals surface area contributed by atoms with E-state index in [1.54, 1.807) is 18.3 Å². The maximum atomic E-state index is 13.0. The largest absolute Gasteiger partial charge is 0.441 e. The van der Waals surface area contributed by atoms with Crippen LogP contribution >= 0.6 is 0 Å². The second-order valence-corrected chi connectivity index (χ2v) is 9.84. The summed E-state index contributed by atoms with van der Waals surface area (Å²) in [5, 5.41) is 2.91. The predicted octanol–water partition coefficient (Wildman–Crippen LogP) is 1.79. The second-order valence-electron chi connectivity index (χ2n) is 7.69. The van der Waals surface area contributed by atoms with E-state index >= 15 is 0 Å². The zero-order valence-electron chi connectivity index (χ0n) is 16.0. The highest BCUT2D eigenvalue weighted by Crippen LogP contribution is 2.23. The number of amides is 1. The molecule has 1 aromatic carbocycles. The zero-order chi connectivity index (χ0) is 20.4. The summed E-state index contributed by atoms with van der Waals surface area (Å²) in [5.74, 6) is 0.488. The van der Waals surface area contributed by atoms with Crippen LogP contribution in [-0.4, -0.2) is 60.9 Å². The van der Waals surface area contributed by atoms with Gasteiger partial charge in [0.15, 0.2) is 21.5 Å². The quantitative estimate of drug-likeness (QED) is 0.765. The van der Waals surface area contributed by atoms with Crippen molar-refractivity contribution in [3.63, 3.8) is 0 Å². The number of carbonyl (C=O) groups is 1. The molecule has 0 spiro atoms. The maximum Gasteiger partial charge on any atom is 0.220 e. The Hall–Kier alpha value is -2.26. The molecule has 2 aromatic rings. The van der Waals surface area contributed by atoms with Crippen molar-refractivity contribution in [3.8, 4) is 11.3 Å².